The quantitative estimate of drug-likeness (QED) is 0.0488. The van der Waals surface area contributed by atoms with Gasteiger partial charge < -0.3 is 9.13 Å². The molecule has 6 rings (SSSR count). The van der Waals surface area contributed by atoms with E-state index in [2.05, 4.69) is 36.0 Å². The van der Waals surface area contributed by atoms with E-state index in [0.717, 1.165) is 48.2 Å². The lowest BCUT2D eigenvalue weighted by atomic mass is 9.87. The summed E-state index contributed by atoms with van der Waals surface area (Å²) in [5.41, 5.74) is 5.58. The summed E-state index contributed by atoms with van der Waals surface area (Å²) in [6.45, 7) is 8.09. The molecule has 0 fully saturated rings. The third-order valence-corrected chi connectivity index (χ3v) is 15.7. The van der Waals surface area contributed by atoms with Crippen molar-refractivity contribution in [1.82, 2.24) is 39.0 Å². The highest BCUT2D eigenvalue weighted by molar-refractivity contribution is 8.16. The topological polar surface area (TPSA) is 152 Å². The van der Waals surface area contributed by atoms with Gasteiger partial charge in [0, 0.05) is 81.1 Å². The molecule has 55 heavy (non-hydrogen) atoms. The number of nitriles is 2. The van der Waals surface area contributed by atoms with Crippen LogP contribution in [0.3, 0.4) is 0 Å². The predicted octanol–water partition coefficient (Wildman–Crippen LogP) is 9.73. The van der Waals surface area contributed by atoms with Gasteiger partial charge in [-0.25, -0.2) is 29.9 Å². The van der Waals surface area contributed by atoms with Gasteiger partial charge in [0.2, 0.25) is 0 Å². The molecule has 6 aromatic rings. The van der Waals surface area contributed by atoms with Crippen molar-refractivity contribution in [3.8, 4) is 67.2 Å². The van der Waals surface area contributed by atoms with E-state index < -0.39 is 10.8 Å². The van der Waals surface area contributed by atoms with Gasteiger partial charge in [0.15, 0.2) is 0 Å². The van der Waals surface area contributed by atoms with Crippen molar-refractivity contribution in [3.05, 3.63) is 58.3 Å². The second kappa shape index (κ2) is 18.9. The molecule has 0 N–H and O–H groups in total. The third-order valence-electron chi connectivity index (χ3n) is 9.00. The Hall–Kier alpha value is -3.84. The Morgan fingerprint density at radius 1 is 0.745 bits per heavy atom. The molecule has 6 aromatic heterocycles. The van der Waals surface area contributed by atoms with Crippen LogP contribution in [-0.2, 0) is 24.9 Å². The molecule has 0 radical (unpaired) electrons. The number of hydrogen-bond acceptors (Lipinski definition) is 14. The summed E-state index contributed by atoms with van der Waals surface area (Å²) in [7, 11) is 2.74. The first-order chi connectivity index (χ1) is 26.7. The molecule has 1 unspecified atom stereocenters. The molecule has 0 saturated carbocycles. The monoisotopic (exact) mass is 844 g/mol. The van der Waals surface area contributed by atoms with Gasteiger partial charge in [0.05, 0.1) is 40.0 Å². The standard InChI is InChI=1S/C38H40N10OS6/c1-7-9-13-50-21-53-35-25(17-39)29(27-19-43-23(3)47(27)5)31(33(45-35)37-41-11-14-51-37)32-30(28-20-44-24(4)48(28)6)26(18-40)36(54-22-55(49)16-10-8-2)46-34(32)38-42-12-15-52-38/h11-12,14-15,19-20H,7-10,13,16,21-22H2,1-6H3. The Bertz CT molecular complexity index is 2390. The second-order valence-corrected chi connectivity index (χ2v) is 19.6. The van der Waals surface area contributed by atoms with Crippen LogP contribution in [0, 0.1) is 36.5 Å². The van der Waals surface area contributed by atoms with Crippen molar-refractivity contribution in [2.45, 2.75) is 63.4 Å². The average molecular weight is 845 g/mol. The third kappa shape index (κ3) is 8.62. The Labute approximate surface area is 345 Å². The molecule has 284 valence electrons. The molecule has 17 heteroatoms. The van der Waals surface area contributed by atoms with Crippen LogP contribution >= 0.6 is 58.0 Å². The summed E-state index contributed by atoms with van der Waals surface area (Å²) >= 11 is 7.56. The zero-order chi connectivity index (χ0) is 39.1. The summed E-state index contributed by atoms with van der Waals surface area (Å²) in [5.74, 6) is 3.10. The molecule has 1 atom stereocenters. The molecule has 11 nitrogen and oxygen atoms in total. The Balaban J connectivity index is 1.79. The molecular formula is C38H40N10OS6. The molecule has 0 amide bonds. The van der Waals surface area contributed by atoms with Crippen LogP contribution in [0.1, 0.15) is 62.3 Å². The molecule has 0 aliphatic rings. The van der Waals surface area contributed by atoms with E-state index in [0.29, 0.717) is 82.0 Å². The molecule has 6 heterocycles. The number of hydrogen-bond donors (Lipinski definition) is 0. The van der Waals surface area contributed by atoms with Gasteiger partial charge >= 0.3 is 0 Å². The molecule has 0 aliphatic carbocycles. The number of aromatic nitrogens is 8. The highest BCUT2D eigenvalue weighted by Gasteiger charge is 2.34. The highest BCUT2D eigenvalue weighted by atomic mass is 32.2. The average Bonchev–Trinajstić information content (AvgIpc) is 4.03. The fourth-order valence-electron chi connectivity index (χ4n) is 5.89. The van der Waals surface area contributed by atoms with Crippen molar-refractivity contribution in [1.29, 1.82) is 10.5 Å². The van der Waals surface area contributed by atoms with Crippen molar-refractivity contribution >= 4 is 68.8 Å². The van der Waals surface area contributed by atoms with Crippen molar-refractivity contribution in [2.24, 2.45) is 14.1 Å². The van der Waals surface area contributed by atoms with Crippen molar-refractivity contribution in [3.63, 3.8) is 0 Å². The number of thioether (sulfide) groups is 3. The van der Waals surface area contributed by atoms with Gasteiger partial charge in [-0.3, -0.25) is 4.21 Å². The fraction of sp³-hybridized carbons (Fsp3) is 0.368. The zero-order valence-corrected chi connectivity index (χ0v) is 36.3. The van der Waals surface area contributed by atoms with Crippen LogP contribution in [0.5, 0.6) is 0 Å². The van der Waals surface area contributed by atoms with E-state index in [9.17, 15) is 14.7 Å². The van der Waals surface area contributed by atoms with Crippen molar-refractivity contribution in [2.75, 3.05) is 21.7 Å². The lowest BCUT2D eigenvalue weighted by molar-refractivity contribution is 0.682. The predicted molar refractivity (Wildman–Crippen MR) is 230 cm³/mol. The van der Waals surface area contributed by atoms with Crippen molar-refractivity contribution < 1.29 is 4.21 Å². The number of thiazole rings is 2. The lowest BCUT2D eigenvalue weighted by Crippen LogP contribution is -2.09. The fourth-order valence-corrected chi connectivity index (χ4v) is 11.8. The van der Waals surface area contributed by atoms with Crippen LogP contribution in [0.25, 0.3) is 55.0 Å². The van der Waals surface area contributed by atoms with Gasteiger partial charge in [-0.05, 0) is 32.4 Å². The Kier molecular flexibility index (Phi) is 14.0. The summed E-state index contributed by atoms with van der Waals surface area (Å²) < 4.78 is 17.1. The minimum absolute atomic E-state index is 0.286. The van der Waals surface area contributed by atoms with Crippen LogP contribution in [0.15, 0.2) is 45.6 Å². The van der Waals surface area contributed by atoms with Gasteiger partial charge in [-0.15, -0.1) is 22.7 Å². The summed E-state index contributed by atoms with van der Waals surface area (Å²) in [4.78, 5) is 29.5. The number of aryl methyl sites for hydroxylation is 2. The molecular weight excluding hydrogens is 805 g/mol. The maximum absolute atomic E-state index is 13.1. The van der Waals surface area contributed by atoms with E-state index in [-0.39, 0.29) is 5.08 Å². The second-order valence-electron chi connectivity index (χ2n) is 12.5. The zero-order valence-electron chi connectivity index (χ0n) is 31.5. The van der Waals surface area contributed by atoms with Crippen LogP contribution in [0.4, 0.5) is 0 Å². The normalized spacial score (nSPS) is 11.9. The number of pyridine rings is 2. The van der Waals surface area contributed by atoms with Crippen LogP contribution < -0.4 is 0 Å². The highest BCUT2D eigenvalue weighted by Crippen LogP contribution is 2.52. The van der Waals surface area contributed by atoms with E-state index in [1.165, 1.54) is 34.4 Å². The lowest BCUT2D eigenvalue weighted by Gasteiger charge is -2.23. The maximum atomic E-state index is 13.1. The van der Waals surface area contributed by atoms with E-state index in [1.807, 2.05) is 59.6 Å². The minimum Gasteiger partial charge on any atom is -0.331 e. The van der Waals surface area contributed by atoms with Gasteiger partial charge in [-0.1, -0.05) is 50.2 Å². The molecule has 0 spiro atoms. The maximum Gasteiger partial charge on any atom is 0.142 e. The first-order valence-electron chi connectivity index (χ1n) is 17.7. The van der Waals surface area contributed by atoms with Gasteiger partial charge in [-0.2, -0.15) is 22.3 Å². The van der Waals surface area contributed by atoms with Crippen LogP contribution in [0.2, 0.25) is 0 Å². The summed E-state index contributed by atoms with van der Waals surface area (Å²) in [5, 5.41) is 29.4. The molecule has 0 aromatic carbocycles. The SMILES string of the molecule is CCCCSCSc1nc(-c2nccs2)c(-c2c(-c3nccs3)nc(SCS(=O)CCCC)c(C#N)c2-c2cnc(C)n2C)c(-c2cnc(C)n2C)c1C#N. The van der Waals surface area contributed by atoms with E-state index in [1.54, 1.807) is 36.5 Å². The molecule has 0 aliphatic heterocycles. The first kappa shape index (κ1) is 40.8. The van der Waals surface area contributed by atoms with Gasteiger partial charge in [0.25, 0.3) is 0 Å². The Morgan fingerprint density at radius 3 is 1.67 bits per heavy atom. The number of imidazole rings is 2. The van der Waals surface area contributed by atoms with Crippen LogP contribution in [-0.4, -0.2) is 64.9 Å². The largest absolute Gasteiger partial charge is 0.331 e. The first-order valence-corrected chi connectivity index (χ1v) is 24.0. The van der Waals surface area contributed by atoms with E-state index in [4.69, 9.17) is 19.9 Å². The Morgan fingerprint density at radius 2 is 1.25 bits per heavy atom. The smallest absolute Gasteiger partial charge is 0.142 e. The minimum atomic E-state index is -1.12. The number of nitrogens with zero attached hydrogens (tertiary/aromatic N) is 10. The summed E-state index contributed by atoms with van der Waals surface area (Å²) in [6.07, 6.45) is 11.0. The number of unbranched alkanes of at least 4 members (excludes halogenated alkanes) is 2. The summed E-state index contributed by atoms with van der Waals surface area (Å²) in [6, 6.07) is 5.05. The van der Waals surface area contributed by atoms with Gasteiger partial charge in [0.1, 0.15) is 55.2 Å². The molecule has 0 bridgehead atoms. The molecule has 0 saturated heterocycles. The van der Waals surface area contributed by atoms with E-state index >= 15 is 0 Å². The number of rotatable bonds is 17.